The van der Waals surface area contributed by atoms with Crippen molar-refractivity contribution in [2.45, 2.75) is 71.1 Å². The van der Waals surface area contributed by atoms with Crippen LogP contribution in [0.15, 0.2) is 36.4 Å². The molecule has 1 aliphatic carbocycles. The van der Waals surface area contributed by atoms with E-state index in [9.17, 15) is 8.78 Å². The summed E-state index contributed by atoms with van der Waals surface area (Å²) in [4.78, 5) is 0. The predicted octanol–water partition coefficient (Wildman–Crippen LogP) is 8.60. The first-order valence-electron chi connectivity index (χ1n) is 10.8. The van der Waals surface area contributed by atoms with E-state index in [-0.39, 0.29) is 5.56 Å². The first-order valence-corrected chi connectivity index (χ1v) is 11.2. The van der Waals surface area contributed by atoms with E-state index in [1.54, 1.807) is 24.3 Å². The Morgan fingerprint density at radius 1 is 0.857 bits per heavy atom. The van der Waals surface area contributed by atoms with Gasteiger partial charge in [-0.1, -0.05) is 82.0 Å². The Bertz CT molecular complexity index is 723. The fraction of sp³-hybridized carbons (Fsp3) is 0.520. The Morgan fingerprint density at radius 2 is 1.43 bits per heavy atom. The highest BCUT2D eigenvalue weighted by atomic mass is 35.5. The molecule has 0 radical (unpaired) electrons. The van der Waals surface area contributed by atoms with Crippen molar-refractivity contribution in [1.82, 2.24) is 0 Å². The van der Waals surface area contributed by atoms with Gasteiger partial charge in [-0.15, -0.1) is 0 Å². The van der Waals surface area contributed by atoms with Crippen LogP contribution in [-0.2, 0) is 6.42 Å². The molecule has 3 rings (SSSR count). The third-order valence-electron chi connectivity index (χ3n) is 6.26. The molecule has 1 saturated carbocycles. The highest BCUT2D eigenvalue weighted by molar-refractivity contribution is 6.30. The van der Waals surface area contributed by atoms with Crippen molar-refractivity contribution in [3.05, 3.63) is 58.6 Å². The first-order chi connectivity index (χ1) is 13.6. The summed E-state index contributed by atoms with van der Waals surface area (Å²) >= 11 is 5.87. The summed E-state index contributed by atoms with van der Waals surface area (Å²) in [5.74, 6) is 0.620. The van der Waals surface area contributed by atoms with Crippen molar-refractivity contribution >= 4 is 11.6 Å². The molecule has 1 aliphatic rings. The molecule has 0 nitrogen and oxygen atoms in total. The number of rotatable bonds is 8. The van der Waals surface area contributed by atoms with Crippen LogP contribution in [-0.4, -0.2) is 0 Å². The van der Waals surface area contributed by atoms with Crippen LogP contribution in [0.5, 0.6) is 0 Å². The highest BCUT2D eigenvalue weighted by Gasteiger charge is 2.21. The van der Waals surface area contributed by atoms with Crippen LogP contribution < -0.4 is 0 Å². The van der Waals surface area contributed by atoms with E-state index in [0.29, 0.717) is 16.5 Å². The van der Waals surface area contributed by atoms with Crippen LogP contribution in [0.1, 0.15) is 70.3 Å². The van der Waals surface area contributed by atoms with E-state index in [1.807, 2.05) is 0 Å². The molecule has 0 spiro atoms. The van der Waals surface area contributed by atoms with Crippen molar-refractivity contribution in [3.8, 4) is 11.1 Å². The van der Waals surface area contributed by atoms with E-state index in [1.165, 1.54) is 63.5 Å². The third-order valence-corrected chi connectivity index (χ3v) is 6.51. The molecular weight excluding hydrogens is 374 g/mol. The molecule has 1 fully saturated rings. The number of benzene rings is 2. The lowest BCUT2D eigenvalue weighted by Gasteiger charge is -2.28. The molecule has 0 heterocycles. The molecule has 0 saturated heterocycles. The van der Waals surface area contributed by atoms with Gasteiger partial charge < -0.3 is 0 Å². The minimum Gasteiger partial charge on any atom is -0.206 e. The average molecular weight is 405 g/mol. The second-order valence-corrected chi connectivity index (χ2v) is 8.80. The largest absolute Gasteiger partial charge is 0.206 e. The van der Waals surface area contributed by atoms with E-state index < -0.39 is 11.6 Å². The molecular formula is C25H31ClF2. The molecule has 2 aromatic rings. The van der Waals surface area contributed by atoms with Crippen molar-refractivity contribution in [2.24, 2.45) is 11.8 Å². The molecule has 0 N–H and O–H groups in total. The van der Waals surface area contributed by atoms with Gasteiger partial charge in [0.25, 0.3) is 0 Å². The fourth-order valence-electron chi connectivity index (χ4n) is 4.52. The Balaban J connectivity index is 1.54. The zero-order valence-electron chi connectivity index (χ0n) is 16.8. The van der Waals surface area contributed by atoms with Gasteiger partial charge >= 0.3 is 0 Å². The normalized spacial score (nSPS) is 19.7. The van der Waals surface area contributed by atoms with Crippen LogP contribution in [0.2, 0.25) is 5.02 Å². The minimum atomic E-state index is -0.489. The first kappa shape index (κ1) is 21.3. The Morgan fingerprint density at radius 3 is 2.00 bits per heavy atom. The summed E-state index contributed by atoms with van der Waals surface area (Å²) in [6, 6.07) is 9.63. The van der Waals surface area contributed by atoms with Gasteiger partial charge in [0.1, 0.15) is 11.6 Å². The van der Waals surface area contributed by atoms with Crippen LogP contribution in [0.25, 0.3) is 11.1 Å². The maximum absolute atomic E-state index is 14.6. The van der Waals surface area contributed by atoms with Crippen LogP contribution >= 0.6 is 11.6 Å². The molecule has 0 unspecified atom stereocenters. The zero-order valence-corrected chi connectivity index (χ0v) is 17.6. The molecule has 0 aliphatic heterocycles. The van der Waals surface area contributed by atoms with E-state index in [2.05, 4.69) is 6.92 Å². The van der Waals surface area contributed by atoms with Gasteiger partial charge in [0.2, 0.25) is 0 Å². The number of hydrogen-bond donors (Lipinski definition) is 0. The lowest BCUT2D eigenvalue weighted by Crippen LogP contribution is -2.15. The quantitative estimate of drug-likeness (QED) is 0.386. The third kappa shape index (κ3) is 5.80. The van der Waals surface area contributed by atoms with Crippen LogP contribution in [0, 0.1) is 23.5 Å². The maximum atomic E-state index is 14.6. The molecule has 0 amide bonds. The van der Waals surface area contributed by atoms with Gasteiger partial charge in [-0.25, -0.2) is 8.78 Å². The summed E-state index contributed by atoms with van der Waals surface area (Å²) in [6.45, 7) is 2.25. The number of hydrogen-bond acceptors (Lipinski definition) is 0. The summed E-state index contributed by atoms with van der Waals surface area (Å²) in [7, 11) is 0. The molecule has 0 bridgehead atoms. The molecule has 3 heteroatoms. The second-order valence-electron chi connectivity index (χ2n) is 8.36. The van der Waals surface area contributed by atoms with Crippen LogP contribution in [0.3, 0.4) is 0 Å². The number of halogens is 3. The second kappa shape index (κ2) is 10.4. The van der Waals surface area contributed by atoms with Crippen LogP contribution in [0.4, 0.5) is 8.78 Å². The topological polar surface area (TPSA) is 0 Å². The molecule has 0 aromatic heterocycles. The smallest absolute Gasteiger partial charge is 0.134 e. The Kier molecular flexibility index (Phi) is 7.91. The standard InChI is InChI=1S/C25H31ClF2/c1-2-3-4-5-18-6-8-19(9-7-18)10-11-20-16-23(27)25(24(28)17-20)21-12-14-22(26)15-13-21/h12-19H,2-11H2,1H3/t18-,19-. The van der Waals surface area contributed by atoms with Gasteiger partial charge in [-0.05, 0) is 60.1 Å². The average Bonchev–Trinajstić information content (AvgIpc) is 2.68. The Hall–Kier alpha value is -1.41. The summed E-state index contributed by atoms with van der Waals surface area (Å²) in [6.07, 6.45) is 12.4. The highest BCUT2D eigenvalue weighted by Crippen LogP contribution is 2.35. The molecule has 0 atom stereocenters. The number of unbranched alkanes of at least 4 members (excludes halogenated alkanes) is 2. The van der Waals surface area contributed by atoms with Gasteiger partial charge in [0.15, 0.2) is 0 Å². The number of aryl methyl sites for hydroxylation is 1. The van der Waals surface area contributed by atoms with Gasteiger partial charge in [0, 0.05) is 5.02 Å². The molecule has 2 aromatic carbocycles. The van der Waals surface area contributed by atoms with E-state index in [0.717, 1.165) is 24.3 Å². The van der Waals surface area contributed by atoms with E-state index in [4.69, 9.17) is 11.6 Å². The van der Waals surface area contributed by atoms with Crippen molar-refractivity contribution in [3.63, 3.8) is 0 Å². The SMILES string of the molecule is CCCCC[C@H]1CC[C@H](CCc2cc(F)c(-c3ccc(Cl)cc3)c(F)c2)CC1. The molecule has 28 heavy (non-hydrogen) atoms. The van der Waals surface area contributed by atoms with E-state index >= 15 is 0 Å². The van der Waals surface area contributed by atoms with Gasteiger partial charge in [-0.3, -0.25) is 0 Å². The maximum Gasteiger partial charge on any atom is 0.134 e. The lowest BCUT2D eigenvalue weighted by molar-refractivity contribution is 0.249. The van der Waals surface area contributed by atoms with Crippen molar-refractivity contribution < 1.29 is 8.78 Å². The monoisotopic (exact) mass is 404 g/mol. The van der Waals surface area contributed by atoms with Gasteiger partial charge in [0.05, 0.1) is 5.56 Å². The summed E-state index contributed by atoms with van der Waals surface area (Å²) < 4.78 is 29.2. The van der Waals surface area contributed by atoms with Gasteiger partial charge in [-0.2, -0.15) is 0 Å². The minimum absolute atomic E-state index is 0.0352. The predicted molar refractivity (Wildman–Crippen MR) is 115 cm³/mol. The summed E-state index contributed by atoms with van der Waals surface area (Å²) in [5.41, 5.74) is 1.32. The zero-order chi connectivity index (χ0) is 19.9. The van der Waals surface area contributed by atoms with Crippen molar-refractivity contribution in [2.75, 3.05) is 0 Å². The lowest BCUT2D eigenvalue weighted by atomic mass is 9.77. The Labute approximate surface area is 173 Å². The van der Waals surface area contributed by atoms with Crippen molar-refractivity contribution in [1.29, 1.82) is 0 Å². The molecule has 152 valence electrons. The fourth-order valence-corrected chi connectivity index (χ4v) is 4.65. The summed E-state index contributed by atoms with van der Waals surface area (Å²) in [5, 5.41) is 0.557.